The molecule has 0 radical (unpaired) electrons. The zero-order chi connectivity index (χ0) is 13.8. The van der Waals surface area contributed by atoms with Crippen molar-refractivity contribution >= 4 is 5.95 Å². The lowest BCUT2D eigenvalue weighted by Crippen LogP contribution is -2.03. The van der Waals surface area contributed by atoms with Crippen LogP contribution < -0.4 is 5.32 Å². The van der Waals surface area contributed by atoms with Gasteiger partial charge in [0.15, 0.2) is 0 Å². The van der Waals surface area contributed by atoms with Crippen LogP contribution in [-0.2, 0) is 6.54 Å². The first-order valence-electron chi connectivity index (χ1n) is 6.71. The second-order valence-electron chi connectivity index (χ2n) is 4.68. The molecule has 0 bridgehead atoms. The molecular weight excluding hydrogens is 246 g/mol. The van der Waals surface area contributed by atoms with Gasteiger partial charge in [-0.25, -0.2) is 4.98 Å². The molecule has 0 spiro atoms. The number of nitrogens with one attached hydrogen (secondary N) is 1. The molecule has 3 rings (SSSR count). The van der Waals surface area contributed by atoms with E-state index in [2.05, 4.69) is 57.5 Å². The largest absolute Gasteiger partial charge is 0.359 e. The van der Waals surface area contributed by atoms with Crippen molar-refractivity contribution in [3.63, 3.8) is 0 Å². The van der Waals surface area contributed by atoms with E-state index < -0.39 is 0 Å². The third-order valence-electron chi connectivity index (χ3n) is 3.27. The van der Waals surface area contributed by atoms with Gasteiger partial charge in [0.2, 0.25) is 5.95 Å². The van der Waals surface area contributed by atoms with Crippen LogP contribution in [0, 0.1) is 0 Å². The lowest BCUT2D eigenvalue weighted by Gasteiger charge is -2.06. The van der Waals surface area contributed by atoms with Crippen LogP contribution in [0.1, 0.15) is 5.56 Å². The van der Waals surface area contributed by atoms with Gasteiger partial charge in [-0.2, -0.15) is 0 Å². The molecule has 2 aromatic carbocycles. The molecule has 0 amide bonds. The highest BCUT2D eigenvalue weighted by atomic mass is 15.2. The molecule has 3 nitrogen and oxygen atoms in total. The molecule has 0 unspecified atom stereocenters. The van der Waals surface area contributed by atoms with Crippen molar-refractivity contribution in [1.29, 1.82) is 0 Å². The summed E-state index contributed by atoms with van der Waals surface area (Å²) in [4.78, 5) is 4.65. The Hall–Kier alpha value is -2.55. The van der Waals surface area contributed by atoms with Gasteiger partial charge in [0, 0.05) is 18.8 Å². The molecule has 0 atom stereocenters. The van der Waals surface area contributed by atoms with E-state index in [1.165, 1.54) is 5.56 Å². The van der Waals surface area contributed by atoms with E-state index in [-0.39, 0.29) is 0 Å². The molecule has 20 heavy (non-hydrogen) atoms. The summed E-state index contributed by atoms with van der Waals surface area (Å²) in [5.74, 6) is 0.882. The molecular formula is C17H17N3. The molecule has 3 aromatic rings. The van der Waals surface area contributed by atoms with Gasteiger partial charge < -0.3 is 9.88 Å². The lowest BCUT2D eigenvalue weighted by molar-refractivity contribution is 0.805. The van der Waals surface area contributed by atoms with Crippen molar-refractivity contribution in [2.45, 2.75) is 6.54 Å². The second kappa shape index (κ2) is 5.61. The highest BCUT2D eigenvalue weighted by Crippen LogP contribution is 2.21. The number of benzene rings is 2. The van der Waals surface area contributed by atoms with Crippen LogP contribution in [0.4, 0.5) is 5.95 Å². The first kappa shape index (κ1) is 12.5. The Balaban J connectivity index is 1.93. The van der Waals surface area contributed by atoms with E-state index in [0.717, 1.165) is 23.8 Å². The van der Waals surface area contributed by atoms with Crippen LogP contribution >= 0.6 is 0 Å². The molecule has 1 aromatic heterocycles. The normalized spacial score (nSPS) is 10.4. The summed E-state index contributed by atoms with van der Waals surface area (Å²) in [7, 11) is 1.90. The van der Waals surface area contributed by atoms with Crippen LogP contribution in [0.15, 0.2) is 66.9 Å². The Bertz CT molecular complexity index is 672. The van der Waals surface area contributed by atoms with Crippen molar-refractivity contribution in [3.8, 4) is 11.3 Å². The number of aromatic nitrogens is 2. The maximum Gasteiger partial charge on any atom is 0.203 e. The van der Waals surface area contributed by atoms with Gasteiger partial charge in [-0.3, -0.25) is 0 Å². The van der Waals surface area contributed by atoms with Crippen LogP contribution in [0.25, 0.3) is 11.3 Å². The zero-order valence-electron chi connectivity index (χ0n) is 11.5. The van der Waals surface area contributed by atoms with E-state index in [0.29, 0.717) is 0 Å². The number of hydrogen-bond acceptors (Lipinski definition) is 2. The maximum atomic E-state index is 4.65. The molecule has 0 aliphatic carbocycles. The zero-order valence-corrected chi connectivity index (χ0v) is 11.5. The molecule has 0 saturated heterocycles. The molecule has 1 heterocycles. The smallest absolute Gasteiger partial charge is 0.203 e. The second-order valence-corrected chi connectivity index (χ2v) is 4.68. The molecule has 3 heteroatoms. The van der Waals surface area contributed by atoms with Crippen molar-refractivity contribution in [3.05, 3.63) is 72.4 Å². The van der Waals surface area contributed by atoms with E-state index in [1.807, 2.05) is 31.3 Å². The minimum absolute atomic E-state index is 0.816. The van der Waals surface area contributed by atoms with Gasteiger partial charge in [-0.1, -0.05) is 60.7 Å². The standard InChI is InChI=1S/C17H17N3/c1-18-17-19-16(15-10-6-3-7-11-15)13-20(17)12-14-8-4-2-5-9-14/h2-11,13H,12H2,1H3,(H,18,19). The molecule has 0 aliphatic rings. The lowest BCUT2D eigenvalue weighted by atomic mass is 10.2. The maximum absolute atomic E-state index is 4.65. The summed E-state index contributed by atoms with van der Waals surface area (Å²) in [6.45, 7) is 0.816. The SMILES string of the molecule is CNc1nc(-c2ccccc2)cn1Cc1ccccc1. The van der Waals surface area contributed by atoms with Gasteiger partial charge in [0.1, 0.15) is 0 Å². The van der Waals surface area contributed by atoms with Crippen LogP contribution in [0.5, 0.6) is 0 Å². The fourth-order valence-electron chi connectivity index (χ4n) is 2.26. The Morgan fingerprint density at radius 3 is 2.25 bits per heavy atom. The van der Waals surface area contributed by atoms with Crippen molar-refractivity contribution < 1.29 is 0 Å². The van der Waals surface area contributed by atoms with E-state index in [1.54, 1.807) is 0 Å². The third kappa shape index (κ3) is 2.57. The molecule has 0 aliphatic heterocycles. The van der Waals surface area contributed by atoms with Crippen LogP contribution in [0.2, 0.25) is 0 Å². The number of rotatable bonds is 4. The Kier molecular flexibility index (Phi) is 3.50. The average Bonchev–Trinajstić information content (AvgIpc) is 2.92. The topological polar surface area (TPSA) is 29.9 Å². The predicted octanol–water partition coefficient (Wildman–Crippen LogP) is 3.64. The Labute approximate surface area is 118 Å². The molecule has 0 saturated carbocycles. The fourth-order valence-corrected chi connectivity index (χ4v) is 2.26. The minimum Gasteiger partial charge on any atom is -0.359 e. The fraction of sp³-hybridized carbons (Fsp3) is 0.118. The van der Waals surface area contributed by atoms with E-state index >= 15 is 0 Å². The summed E-state index contributed by atoms with van der Waals surface area (Å²) in [5, 5.41) is 3.16. The number of imidazole rings is 1. The number of nitrogens with zero attached hydrogens (tertiary/aromatic N) is 2. The van der Waals surface area contributed by atoms with Crippen molar-refractivity contribution in [2.75, 3.05) is 12.4 Å². The molecule has 1 N–H and O–H groups in total. The van der Waals surface area contributed by atoms with Crippen LogP contribution in [-0.4, -0.2) is 16.6 Å². The minimum atomic E-state index is 0.816. The molecule has 0 fully saturated rings. The van der Waals surface area contributed by atoms with Gasteiger partial charge in [0.05, 0.1) is 12.2 Å². The first-order valence-corrected chi connectivity index (χ1v) is 6.71. The quantitative estimate of drug-likeness (QED) is 0.778. The Morgan fingerprint density at radius 1 is 0.950 bits per heavy atom. The summed E-state index contributed by atoms with van der Waals surface area (Å²) < 4.78 is 2.14. The summed E-state index contributed by atoms with van der Waals surface area (Å²) in [6.07, 6.45) is 2.09. The van der Waals surface area contributed by atoms with Gasteiger partial charge in [-0.15, -0.1) is 0 Å². The molecule has 100 valence electrons. The van der Waals surface area contributed by atoms with Gasteiger partial charge in [-0.05, 0) is 5.56 Å². The number of anilines is 1. The van der Waals surface area contributed by atoms with E-state index in [4.69, 9.17) is 0 Å². The third-order valence-corrected chi connectivity index (χ3v) is 3.27. The summed E-state index contributed by atoms with van der Waals surface area (Å²) in [6, 6.07) is 20.6. The first-order chi connectivity index (χ1) is 9.86. The van der Waals surface area contributed by atoms with E-state index in [9.17, 15) is 0 Å². The van der Waals surface area contributed by atoms with Gasteiger partial charge in [0.25, 0.3) is 0 Å². The highest BCUT2D eigenvalue weighted by Gasteiger charge is 2.08. The van der Waals surface area contributed by atoms with Crippen molar-refractivity contribution in [2.24, 2.45) is 0 Å². The van der Waals surface area contributed by atoms with Crippen molar-refractivity contribution in [1.82, 2.24) is 9.55 Å². The van der Waals surface area contributed by atoms with Crippen LogP contribution in [0.3, 0.4) is 0 Å². The summed E-state index contributed by atoms with van der Waals surface area (Å²) in [5.41, 5.74) is 3.39. The highest BCUT2D eigenvalue weighted by molar-refractivity contribution is 5.60. The Morgan fingerprint density at radius 2 is 1.60 bits per heavy atom. The average molecular weight is 263 g/mol. The van der Waals surface area contributed by atoms with Gasteiger partial charge >= 0.3 is 0 Å². The predicted molar refractivity (Wildman–Crippen MR) is 82.8 cm³/mol. The number of hydrogen-bond donors (Lipinski definition) is 1. The monoisotopic (exact) mass is 263 g/mol. The summed E-state index contributed by atoms with van der Waals surface area (Å²) >= 11 is 0.